The number of nitrogens with one attached hydrogen (secondary N) is 1. The van der Waals surface area contributed by atoms with E-state index in [0.29, 0.717) is 0 Å². The second kappa shape index (κ2) is 3.20. The number of rotatable bonds is 3. The first-order chi connectivity index (χ1) is 5.92. The Bertz CT molecular complexity index is 268. The Balaban J connectivity index is 2.31. The summed E-state index contributed by atoms with van der Waals surface area (Å²) in [6, 6.07) is 0.193. The SMILES string of the molecule is CC1(C)CC1NC(=O)C=CC(=O)O. The van der Waals surface area contributed by atoms with Crippen LogP contribution in [0.15, 0.2) is 12.2 Å². The maximum atomic E-state index is 11.0. The van der Waals surface area contributed by atoms with Gasteiger partial charge in [-0.3, -0.25) is 4.79 Å². The molecule has 1 aliphatic rings. The smallest absolute Gasteiger partial charge is 0.328 e. The summed E-state index contributed by atoms with van der Waals surface area (Å²) >= 11 is 0. The zero-order valence-corrected chi connectivity index (χ0v) is 7.70. The molecule has 1 fully saturated rings. The molecule has 0 aromatic carbocycles. The Hall–Kier alpha value is -1.32. The number of carbonyl (C=O) groups excluding carboxylic acids is 1. The van der Waals surface area contributed by atoms with Crippen LogP contribution in [0.3, 0.4) is 0 Å². The number of amides is 1. The Morgan fingerprint density at radius 2 is 2.00 bits per heavy atom. The van der Waals surface area contributed by atoms with Crippen molar-refractivity contribution in [3.8, 4) is 0 Å². The number of carboxylic acids is 1. The number of carboxylic acid groups (broad SMARTS) is 1. The lowest BCUT2D eigenvalue weighted by molar-refractivity contribution is -0.131. The molecule has 1 amide bonds. The van der Waals surface area contributed by atoms with Gasteiger partial charge in [-0.2, -0.15) is 0 Å². The lowest BCUT2D eigenvalue weighted by Crippen LogP contribution is -2.26. The minimum atomic E-state index is -1.11. The van der Waals surface area contributed by atoms with E-state index >= 15 is 0 Å². The molecule has 0 aromatic heterocycles. The second-order valence-electron chi connectivity index (χ2n) is 3.93. The molecule has 0 aliphatic heterocycles. The van der Waals surface area contributed by atoms with E-state index in [9.17, 15) is 9.59 Å². The first-order valence-electron chi connectivity index (χ1n) is 4.13. The van der Waals surface area contributed by atoms with Crippen molar-refractivity contribution in [3.63, 3.8) is 0 Å². The lowest BCUT2D eigenvalue weighted by atomic mass is 10.2. The molecule has 0 bridgehead atoms. The van der Waals surface area contributed by atoms with E-state index in [1.807, 2.05) is 0 Å². The van der Waals surface area contributed by atoms with E-state index in [4.69, 9.17) is 5.11 Å². The minimum Gasteiger partial charge on any atom is -0.478 e. The van der Waals surface area contributed by atoms with E-state index in [2.05, 4.69) is 19.2 Å². The molecule has 0 aromatic rings. The highest BCUT2D eigenvalue weighted by Crippen LogP contribution is 2.44. The summed E-state index contributed by atoms with van der Waals surface area (Å²) < 4.78 is 0. The number of hydrogen-bond acceptors (Lipinski definition) is 2. The number of hydrogen-bond donors (Lipinski definition) is 2. The average molecular weight is 183 g/mol. The normalized spacial score (nSPS) is 24.3. The Kier molecular flexibility index (Phi) is 2.40. The van der Waals surface area contributed by atoms with Crippen LogP contribution in [0.2, 0.25) is 0 Å². The Morgan fingerprint density at radius 3 is 2.38 bits per heavy atom. The third-order valence-corrected chi connectivity index (χ3v) is 2.21. The van der Waals surface area contributed by atoms with Crippen molar-refractivity contribution in [2.24, 2.45) is 5.41 Å². The van der Waals surface area contributed by atoms with Crippen LogP contribution in [0.25, 0.3) is 0 Å². The first kappa shape index (κ1) is 9.77. The molecule has 0 radical (unpaired) electrons. The molecule has 72 valence electrons. The van der Waals surface area contributed by atoms with E-state index in [1.54, 1.807) is 0 Å². The van der Waals surface area contributed by atoms with E-state index in [-0.39, 0.29) is 17.4 Å². The molecule has 1 atom stereocenters. The molecule has 0 saturated heterocycles. The van der Waals surface area contributed by atoms with Gasteiger partial charge in [-0.05, 0) is 11.8 Å². The highest BCUT2D eigenvalue weighted by atomic mass is 16.4. The predicted octanol–water partition coefficient (Wildman–Crippen LogP) is 0.542. The molecular formula is C9H13NO3. The third kappa shape index (κ3) is 2.89. The van der Waals surface area contributed by atoms with Crippen molar-refractivity contribution in [3.05, 3.63) is 12.2 Å². The summed E-state index contributed by atoms with van der Waals surface area (Å²) in [7, 11) is 0. The van der Waals surface area contributed by atoms with Crippen molar-refractivity contribution >= 4 is 11.9 Å². The quantitative estimate of drug-likeness (QED) is 0.627. The van der Waals surface area contributed by atoms with Gasteiger partial charge in [-0.15, -0.1) is 0 Å². The highest BCUT2D eigenvalue weighted by Gasteiger charge is 2.46. The fourth-order valence-electron chi connectivity index (χ4n) is 1.08. The average Bonchev–Trinajstić information content (AvgIpc) is 2.54. The zero-order chi connectivity index (χ0) is 10.1. The van der Waals surface area contributed by atoms with Crippen molar-refractivity contribution in [2.45, 2.75) is 26.3 Å². The van der Waals surface area contributed by atoms with Gasteiger partial charge in [0, 0.05) is 18.2 Å². The van der Waals surface area contributed by atoms with Crippen LogP contribution in [0.5, 0.6) is 0 Å². The number of carbonyl (C=O) groups is 2. The minimum absolute atomic E-state index is 0.173. The van der Waals surface area contributed by atoms with Gasteiger partial charge < -0.3 is 10.4 Å². The van der Waals surface area contributed by atoms with Gasteiger partial charge in [0.2, 0.25) is 5.91 Å². The van der Waals surface area contributed by atoms with Gasteiger partial charge in [0.25, 0.3) is 0 Å². The Labute approximate surface area is 76.6 Å². The van der Waals surface area contributed by atoms with Gasteiger partial charge in [0.05, 0.1) is 0 Å². The topological polar surface area (TPSA) is 66.4 Å². The standard InChI is InChI=1S/C9H13NO3/c1-9(2)5-6(9)10-7(11)3-4-8(12)13/h3-4,6H,5H2,1-2H3,(H,10,11)(H,12,13). The molecule has 1 rings (SSSR count). The predicted molar refractivity (Wildman–Crippen MR) is 47.1 cm³/mol. The number of aliphatic carboxylic acids is 1. The van der Waals surface area contributed by atoms with E-state index in [0.717, 1.165) is 18.6 Å². The maximum Gasteiger partial charge on any atom is 0.328 e. The maximum absolute atomic E-state index is 11.0. The molecular weight excluding hydrogens is 170 g/mol. The summed E-state index contributed by atoms with van der Waals surface area (Å²) in [4.78, 5) is 21.1. The molecule has 0 spiro atoms. The summed E-state index contributed by atoms with van der Waals surface area (Å²) in [6.07, 6.45) is 2.83. The van der Waals surface area contributed by atoms with Crippen LogP contribution in [-0.4, -0.2) is 23.0 Å². The van der Waals surface area contributed by atoms with Gasteiger partial charge >= 0.3 is 5.97 Å². The van der Waals surface area contributed by atoms with Crippen LogP contribution in [0.1, 0.15) is 20.3 Å². The second-order valence-corrected chi connectivity index (χ2v) is 3.93. The Morgan fingerprint density at radius 1 is 1.46 bits per heavy atom. The van der Waals surface area contributed by atoms with Crippen LogP contribution in [0, 0.1) is 5.41 Å². The van der Waals surface area contributed by atoms with Crippen molar-refractivity contribution in [2.75, 3.05) is 0 Å². The summed E-state index contributed by atoms with van der Waals surface area (Å²) in [5.74, 6) is -1.44. The monoisotopic (exact) mass is 183 g/mol. The fourth-order valence-corrected chi connectivity index (χ4v) is 1.08. The van der Waals surface area contributed by atoms with Gasteiger partial charge in [0.1, 0.15) is 0 Å². The van der Waals surface area contributed by atoms with Gasteiger partial charge in [-0.1, -0.05) is 13.8 Å². The molecule has 1 unspecified atom stereocenters. The summed E-state index contributed by atoms with van der Waals surface area (Å²) in [6.45, 7) is 4.11. The van der Waals surface area contributed by atoms with Crippen molar-refractivity contribution in [1.82, 2.24) is 5.32 Å². The van der Waals surface area contributed by atoms with Gasteiger partial charge in [-0.25, -0.2) is 4.79 Å². The first-order valence-corrected chi connectivity index (χ1v) is 4.13. The molecule has 1 aliphatic carbocycles. The van der Waals surface area contributed by atoms with Crippen LogP contribution >= 0.6 is 0 Å². The molecule has 4 heteroatoms. The lowest BCUT2D eigenvalue weighted by Gasteiger charge is -2.02. The third-order valence-electron chi connectivity index (χ3n) is 2.21. The molecule has 2 N–H and O–H groups in total. The summed E-state index contributed by atoms with van der Waals surface area (Å²) in [5, 5.41) is 11.0. The van der Waals surface area contributed by atoms with Crippen molar-refractivity contribution < 1.29 is 14.7 Å². The highest BCUT2D eigenvalue weighted by molar-refractivity contribution is 5.94. The van der Waals surface area contributed by atoms with E-state index < -0.39 is 5.97 Å². The van der Waals surface area contributed by atoms with Crippen LogP contribution < -0.4 is 5.32 Å². The molecule has 0 heterocycles. The molecule has 1 saturated carbocycles. The zero-order valence-electron chi connectivity index (χ0n) is 7.70. The van der Waals surface area contributed by atoms with E-state index in [1.165, 1.54) is 0 Å². The van der Waals surface area contributed by atoms with Crippen molar-refractivity contribution in [1.29, 1.82) is 0 Å². The summed E-state index contributed by atoms with van der Waals surface area (Å²) in [5.41, 5.74) is 0.173. The van der Waals surface area contributed by atoms with Crippen LogP contribution in [0.4, 0.5) is 0 Å². The van der Waals surface area contributed by atoms with Crippen LogP contribution in [-0.2, 0) is 9.59 Å². The molecule has 4 nitrogen and oxygen atoms in total. The largest absolute Gasteiger partial charge is 0.478 e. The fraction of sp³-hybridized carbons (Fsp3) is 0.556. The molecule has 13 heavy (non-hydrogen) atoms. The van der Waals surface area contributed by atoms with Gasteiger partial charge in [0.15, 0.2) is 0 Å².